The molecular formula is C10H12O. The zero-order valence-corrected chi connectivity index (χ0v) is 6.46. The van der Waals surface area contributed by atoms with Gasteiger partial charge in [-0.2, -0.15) is 0 Å². The van der Waals surface area contributed by atoms with Gasteiger partial charge in [-0.05, 0) is 18.4 Å². The number of allylic oxidation sites excluding steroid dienone is 6. The van der Waals surface area contributed by atoms with Crippen molar-refractivity contribution in [3.8, 4) is 0 Å². The van der Waals surface area contributed by atoms with Crippen molar-refractivity contribution >= 4 is 0 Å². The van der Waals surface area contributed by atoms with Crippen molar-refractivity contribution < 1.29 is 5.11 Å². The van der Waals surface area contributed by atoms with Crippen LogP contribution in [-0.4, -0.2) is 5.11 Å². The first-order valence-corrected chi connectivity index (χ1v) is 4.15. The molecule has 0 saturated carbocycles. The molecule has 0 fully saturated rings. The van der Waals surface area contributed by atoms with Gasteiger partial charge in [-0.3, -0.25) is 0 Å². The molecule has 0 saturated heterocycles. The van der Waals surface area contributed by atoms with Gasteiger partial charge in [0.15, 0.2) is 0 Å². The first kappa shape index (κ1) is 6.71. The van der Waals surface area contributed by atoms with Gasteiger partial charge in [-0.15, -0.1) is 0 Å². The second kappa shape index (κ2) is 2.57. The van der Waals surface area contributed by atoms with Crippen molar-refractivity contribution in [1.82, 2.24) is 0 Å². The molecule has 2 rings (SSSR count). The Bertz CT molecular complexity index is 246. The van der Waals surface area contributed by atoms with Gasteiger partial charge in [0.25, 0.3) is 0 Å². The van der Waals surface area contributed by atoms with Gasteiger partial charge >= 0.3 is 0 Å². The third kappa shape index (κ3) is 1.11. The van der Waals surface area contributed by atoms with Crippen LogP contribution in [0.5, 0.6) is 0 Å². The topological polar surface area (TPSA) is 20.2 Å². The summed E-state index contributed by atoms with van der Waals surface area (Å²) < 4.78 is 0. The lowest BCUT2D eigenvalue weighted by atomic mass is 9.84. The Morgan fingerprint density at radius 1 is 1.36 bits per heavy atom. The second-order valence-corrected chi connectivity index (χ2v) is 3.14. The molecule has 0 aromatic heterocycles. The fourth-order valence-corrected chi connectivity index (χ4v) is 1.78. The van der Waals surface area contributed by atoms with Crippen LogP contribution in [0.15, 0.2) is 35.6 Å². The van der Waals surface area contributed by atoms with Crippen LogP contribution in [-0.2, 0) is 0 Å². The molecule has 1 nitrogen and oxygen atoms in total. The largest absolute Gasteiger partial charge is 0.512 e. The molecular weight excluding hydrogens is 136 g/mol. The van der Waals surface area contributed by atoms with Crippen LogP contribution in [0.3, 0.4) is 0 Å². The predicted molar refractivity (Wildman–Crippen MR) is 45.3 cm³/mol. The molecule has 0 spiro atoms. The van der Waals surface area contributed by atoms with E-state index in [1.54, 1.807) is 0 Å². The fourth-order valence-electron chi connectivity index (χ4n) is 1.78. The molecule has 1 atom stereocenters. The van der Waals surface area contributed by atoms with Gasteiger partial charge in [-0.1, -0.05) is 24.3 Å². The maximum absolute atomic E-state index is 9.50. The highest BCUT2D eigenvalue weighted by atomic mass is 16.3. The van der Waals surface area contributed by atoms with Gasteiger partial charge < -0.3 is 5.11 Å². The monoisotopic (exact) mass is 148 g/mol. The highest BCUT2D eigenvalue weighted by molar-refractivity contribution is 5.36. The molecule has 0 amide bonds. The second-order valence-electron chi connectivity index (χ2n) is 3.14. The lowest BCUT2D eigenvalue weighted by molar-refractivity contribution is 0.349. The average molecular weight is 148 g/mol. The van der Waals surface area contributed by atoms with Gasteiger partial charge in [0, 0.05) is 12.3 Å². The Hall–Kier alpha value is -0.980. The van der Waals surface area contributed by atoms with Crippen molar-refractivity contribution in [3.63, 3.8) is 0 Å². The summed E-state index contributed by atoms with van der Waals surface area (Å²) in [6, 6.07) is 0. The Balaban J connectivity index is 2.36. The minimum absolute atomic E-state index is 0.494. The minimum atomic E-state index is 0.494. The van der Waals surface area contributed by atoms with E-state index in [1.807, 2.05) is 12.2 Å². The summed E-state index contributed by atoms with van der Waals surface area (Å²) in [5, 5.41) is 9.50. The van der Waals surface area contributed by atoms with E-state index in [-0.39, 0.29) is 0 Å². The summed E-state index contributed by atoms with van der Waals surface area (Å²) >= 11 is 0. The normalized spacial score (nSPS) is 28.9. The van der Waals surface area contributed by atoms with Crippen LogP contribution in [0.1, 0.15) is 19.3 Å². The predicted octanol–water partition coefficient (Wildman–Crippen LogP) is 2.72. The van der Waals surface area contributed by atoms with E-state index in [0.29, 0.717) is 11.7 Å². The van der Waals surface area contributed by atoms with E-state index >= 15 is 0 Å². The smallest absolute Gasteiger partial charge is 0.0960 e. The highest BCUT2D eigenvalue weighted by Gasteiger charge is 2.19. The molecule has 1 unspecified atom stereocenters. The van der Waals surface area contributed by atoms with E-state index in [9.17, 15) is 5.11 Å². The van der Waals surface area contributed by atoms with E-state index in [2.05, 4.69) is 12.2 Å². The lowest BCUT2D eigenvalue weighted by Crippen LogP contribution is -2.10. The number of hydrogen-bond acceptors (Lipinski definition) is 1. The van der Waals surface area contributed by atoms with Crippen molar-refractivity contribution in [2.45, 2.75) is 19.3 Å². The maximum atomic E-state index is 9.50. The highest BCUT2D eigenvalue weighted by Crippen LogP contribution is 2.32. The molecule has 0 heterocycles. The van der Waals surface area contributed by atoms with Crippen molar-refractivity contribution in [1.29, 1.82) is 0 Å². The molecule has 2 aliphatic carbocycles. The van der Waals surface area contributed by atoms with Crippen LogP contribution < -0.4 is 0 Å². The molecule has 0 aromatic rings. The SMILES string of the molecule is OC1=C2C=CC=CC2CCC1. The van der Waals surface area contributed by atoms with Gasteiger partial charge in [0.2, 0.25) is 0 Å². The average Bonchev–Trinajstić information content (AvgIpc) is 2.06. The first-order valence-electron chi connectivity index (χ1n) is 4.15. The quantitative estimate of drug-likeness (QED) is 0.560. The van der Waals surface area contributed by atoms with Crippen LogP contribution in [0.25, 0.3) is 0 Å². The number of hydrogen-bond donors (Lipinski definition) is 1. The van der Waals surface area contributed by atoms with Crippen LogP contribution in [0, 0.1) is 5.92 Å². The van der Waals surface area contributed by atoms with Gasteiger partial charge in [0.1, 0.15) is 0 Å². The lowest BCUT2D eigenvalue weighted by Gasteiger charge is -2.22. The van der Waals surface area contributed by atoms with E-state index in [1.165, 1.54) is 6.42 Å². The summed E-state index contributed by atoms with van der Waals surface area (Å²) in [6.45, 7) is 0. The molecule has 0 aromatic carbocycles. The molecule has 58 valence electrons. The number of aliphatic hydroxyl groups is 1. The molecule has 2 aliphatic rings. The third-order valence-corrected chi connectivity index (χ3v) is 2.39. The van der Waals surface area contributed by atoms with E-state index in [0.717, 1.165) is 18.4 Å². The van der Waals surface area contributed by atoms with Crippen molar-refractivity contribution in [2.75, 3.05) is 0 Å². The van der Waals surface area contributed by atoms with Crippen LogP contribution in [0.2, 0.25) is 0 Å². The molecule has 0 bridgehead atoms. The van der Waals surface area contributed by atoms with Crippen molar-refractivity contribution in [3.05, 3.63) is 35.6 Å². The Morgan fingerprint density at radius 3 is 3.09 bits per heavy atom. The van der Waals surface area contributed by atoms with Crippen LogP contribution in [0.4, 0.5) is 0 Å². The summed E-state index contributed by atoms with van der Waals surface area (Å²) in [6.07, 6.45) is 11.4. The Kier molecular flexibility index (Phi) is 1.57. The summed E-state index contributed by atoms with van der Waals surface area (Å²) in [5.41, 5.74) is 1.14. The zero-order valence-electron chi connectivity index (χ0n) is 6.46. The van der Waals surface area contributed by atoms with Crippen molar-refractivity contribution in [2.24, 2.45) is 5.92 Å². The standard InChI is InChI=1S/C10H12O/c11-10-7-3-5-8-4-1-2-6-9(8)10/h1-2,4,6,8,11H,3,5,7H2. The minimum Gasteiger partial charge on any atom is -0.512 e. The van der Waals surface area contributed by atoms with Gasteiger partial charge in [0.05, 0.1) is 5.76 Å². The van der Waals surface area contributed by atoms with Gasteiger partial charge in [-0.25, -0.2) is 0 Å². The third-order valence-electron chi connectivity index (χ3n) is 2.39. The van der Waals surface area contributed by atoms with E-state index in [4.69, 9.17) is 0 Å². The maximum Gasteiger partial charge on any atom is 0.0960 e. The molecule has 1 heteroatoms. The number of aliphatic hydroxyl groups excluding tert-OH is 1. The number of fused-ring (bicyclic) bond motifs is 1. The Morgan fingerprint density at radius 2 is 2.27 bits per heavy atom. The van der Waals surface area contributed by atoms with Crippen LogP contribution >= 0.6 is 0 Å². The number of rotatable bonds is 0. The summed E-state index contributed by atoms with van der Waals surface area (Å²) in [4.78, 5) is 0. The molecule has 11 heavy (non-hydrogen) atoms. The molecule has 1 N–H and O–H groups in total. The first-order chi connectivity index (χ1) is 5.38. The summed E-state index contributed by atoms with van der Waals surface area (Å²) in [5.74, 6) is 1.09. The zero-order chi connectivity index (χ0) is 7.68. The fraction of sp³-hybridized carbons (Fsp3) is 0.400. The van der Waals surface area contributed by atoms with E-state index < -0.39 is 0 Å². The Labute approximate surface area is 66.7 Å². The molecule has 0 radical (unpaired) electrons. The molecule has 0 aliphatic heterocycles. The summed E-state index contributed by atoms with van der Waals surface area (Å²) in [7, 11) is 0.